The number of esters is 2. The molecule has 2 heterocycles. The average Bonchev–Trinajstić information content (AvgIpc) is 3.69. The van der Waals surface area contributed by atoms with E-state index in [1.165, 1.54) is 73.8 Å². The molecule has 0 aliphatic carbocycles. The van der Waals surface area contributed by atoms with Crippen LogP contribution in [0.5, 0.6) is 0 Å². The van der Waals surface area contributed by atoms with Crippen LogP contribution in [-0.2, 0) is 58.4 Å². The molecule has 0 fully saturated rings. The molecule has 2 aromatic heterocycles. The lowest BCUT2D eigenvalue weighted by Gasteiger charge is -2.20. The lowest BCUT2D eigenvalue weighted by atomic mass is 10.0. The highest BCUT2D eigenvalue weighted by molar-refractivity contribution is 7.47. The number of carbonyl (C=O) groups excluding carboxylic acids is 2. The smallest absolute Gasteiger partial charge is 0.466 e. The molecule has 2 rings (SSSR count). The van der Waals surface area contributed by atoms with E-state index in [9.17, 15) is 19.0 Å². The molecule has 0 saturated carbocycles. The molecule has 0 aliphatic heterocycles. The van der Waals surface area contributed by atoms with Gasteiger partial charge in [0.15, 0.2) is 6.10 Å². The Morgan fingerprint density at radius 2 is 1.15 bits per heavy atom. The molecule has 0 amide bonds. The summed E-state index contributed by atoms with van der Waals surface area (Å²) in [5, 5.41) is 2.82. The molecule has 59 heavy (non-hydrogen) atoms. The van der Waals surface area contributed by atoms with E-state index in [2.05, 4.69) is 46.0 Å². The fraction of sp³-hybridized carbons (Fsp3) is 0.787. The van der Waals surface area contributed by atoms with E-state index >= 15 is 0 Å². The molecular formula is C47H82NO10P. The molecule has 0 aromatic carbocycles. The Morgan fingerprint density at radius 1 is 0.644 bits per heavy atom. The maximum Gasteiger partial charge on any atom is 0.472 e. The molecule has 340 valence electrons. The summed E-state index contributed by atoms with van der Waals surface area (Å²) in [5.41, 5.74) is 3.92. The molecule has 0 saturated heterocycles. The van der Waals surface area contributed by atoms with E-state index in [1.807, 2.05) is 0 Å². The monoisotopic (exact) mass is 852 g/mol. The fourth-order valence-electron chi connectivity index (χ4n) is 7.27. The molecule has 2 atom stereocenters. The molecule has 12 heteroatoms. The minimum Gasteiger partial charge on any atom is -0.466 e. The summed E-state index contributed by atoms with van der Waals surface area (Å²) in [7, 11) is -2.68. The Hall–Kier alpha value is -2.43. The van der Waals surface area contributed by atoms with Gasteiger partial charge >= 0.3 is 19.8 Å². The van der Waals surface area contributed by atoms with Crippen LogP contribution in [0.4, 0.5) is 0 Å². The van der Waals surface area contributed by atoms with E-state index in [4.69, 9.17) is 27.4 Å². The normalized spacial score (nSPS) is 13.1. The van der Waals surface area contributed by atoms with Crippen LogP contribution in [0.2, 0.25) is 0 Å². The summed E-state index contributed by atoms with van der Waals surface area (Å²) in [6.45, 7) is 10.6. The Kier molecular flexibility index (Phi) is 28.9. The molecule has 1 unspecified atom stereocenters. The first-order valence-corrected chi connectivity index (χ1v) is 24.8. The summed E-state index contributed by atoms with van der Waals surface area (Å²) in [6, 6.07) is 2.18. The van der Waals surface area contributed by atoms with Crippen LogP contribution in [0.1, 0.15) is 195 Å². The van der Waals surface area contributed by atoms with E-state index in [0.29, 0.717) is 19.4 Å². The number of likely N-dealkylation sites (N-methyl/N-ethyl adjacent to an activating group) is 1. The van der Waals surface area contributed by atoms with Gasteiger partial charge < -0.3 is 28.5 Å². The van der Waals surface area contributed by atoms with Crippen molar-refractivity contribution < 1.29 is 46.4 Å². The third-order valence-corrected chi connectivity index (χ3v) is 12.0. The summed E-state index contributed by atoms with van der Waals surface area (Å²) in [6.07, 6.45) is 25.2. The first kappa shape index (κ1) is 52.7. The number of rotatable bonds is 38. The number of hydrogen-bond donors (Lipinski definition) is 2. The maximum absolute atomic E-state index is 12.7. The van der Waals surface area contributed by atoms with Gasteiger partial charge in [0.1, 0.15) is 29.6 Å². The Labute approximate surface area is 357 Å². The largest absolute Gasteiger partial charge is 0.472 e. The Balaban J connectivity index is 1.59. The highest BCUT2D eigenvalue weighted by atomic mass is 31.2. The van der Waals surface area contributed by atoms with Crippen LogP contribution >= 0.6 is 7.82 Å². The predicted molar refractivity (Wildman–Crippen MR) is 236 cm³/mol. The van der Waals surface area contributed by atoms with Crippen LogP contribution < -0.4 is 5.32 Å². The summed E-state index contributed by atoms with van der Waals surface area (Å²) in [5.74, 6) is 3.72. The van der Waals surface area contributed by atoms with Gasteiger partial charge in [-0.05, 0) is 89.1 Å². The number of aryl methyl sites for hydroxylation is 5. The average molecular weight is 852 g/mol. The molecule has 11 nitrogen and oxygen atoms in total. The number of furan rings is 2. The van der Waals surface area contributed by atoms with Crippen LogP contribution in [-0.4, -0.2) is 56.3 Å². The zero-order valence-corrected chi connectivity index (χ0v) is 38.8. The molecule has 0 bridgehead atoms. The van der Waals surface area contributed by atoms with Crippen molar-refractivity contribution in [3.8, 4) is 0 Å². The SMILES string of the molecule is CCCCCc1oc(CCCCCCCCCCC(=O)OC[C@H](COP(=O)(O)OCCNC)OC(=O)CCCCCCCCCCc2oc(CCC)cc2C)c(C)c1C. The van der Waals surface area contributed by atoms with Crippen molar-refractivity contribution in [1.82, 2.24) is 5.32 Å². The number of unbranched alkanes of at least 4 members (excludes halogenated alkanes) is 16. The predicted octanol–water partition coefficient (Wildman–Crippen LogP) is 12.1. The van der Waals surface area contributed by atoms with Gasteiger partial charge in [-0.2, -0.15) is 0 Å². The first-order valence-electron chi connectivity index (χ1n) is 23.3. The second-order valence-electron chi connectivity index (χ2n) is 16.4. The van der Waals surface area contributed by atoms with Gasteiger partial charge in [-0.1, -0.05) is 104 Å². The first-order chi connectivity index (χ1) is 28.5. The van der Waals surface area contributed by atoms with Crippen LogP contribution in [0.3, 0.4) is 0 Å². The highest BCUT2D eigenvalue weighted by Gasteiger charge is 2.26. The highest BCUT2D eigenvalue weighted by Crippen LogP contribution is 2.43. The maximum atomic E-state index is 12.7. The zero-order chi connectivity index (χ0) is 43.1. The van der Waals surface area contributed by atoms with Gasteiger partial charge in [0.25, 0.3) is 0 Å². The molecule has 2 N–H and O–H groups in total. The third-order valence-electron chi connectivity index (χ3n) is 11.0. The second-order valence-corrected chi connectivity index (χ2v) is 17.8. The van der Waals surface area contributed by atoms with Crippen molar-refractivity contribution in [2.75, 3.05) is 33.4 Å². The lowest BCUT2D eigenvalue weighted by molar-refractivity contribution is -0.161. The van der Waals surface area contributed by atoms with Crippen molar-refractivity contribution in [1.29, 1.82) is 0 Å². The number of phosphoric acid groups is 1. The quantitative estimate of drug-likeness (QED) is 0.0378. The standard InChI is InChI=1S/C47H82NO10P/c1-7-9-22-29-44-39(4)40(5)45(58-44)30-24-19-15-11-12-16-20-25-31-46(49)53-36-42(37-55-59(51,52)54-34-33-48-6)57-47(50)32-26-21-17-13-10-14-18-23-28-43-38(3)35-41(56-43)27-8-2/h35,42,48H,7-34,36-37H2,1-6H3,(H,51,52)/t42-/m1/s1. The van der Waals surface area contributed by atoms with Crippen LogP contribution in [0.25, 0.3) is 0 Å². The minimum atomic E-state index is -4.37. The number of nitrogens with one attached hydrogen (secondary N) is 1. The third kappa shape index (κ3) is 24.6. The van der Waals surface area contributed by atoms with Crippen molar-refractivity contribution in [2.24, 2.45) is 0 Å². The van der Waals surface area contributed by atoms with Gasteiger partial charge in [0, 0.05) is 45.1 Å². The summed E-state index contributed by atoms with van der Waals surface area (Å²) < 4.78 is 45.6. The molecule has 0 aliphatic rings. The molecule has 2 aromatic rings. The topological polar surface area (TPSA) is 147 Å². The number of hydrogen-bond acceptors (Lipinski definition) is 10. The molecule has 0 radical (unpaired) electrons. The zero-order valence-electron chi connectivity index (χ0n) is 37.9. The van der Waals surface area contributed by atoms with Gasteiger partial charge in [0.2, 0.25) is 0 Å². The summed E-state index contributed by atoms with van der Waals surface area (Å²) in [4.78, 5) is 35.3. The Bertz CT molecular complexity index is 1450. The fourth-order valence-corrected chi connectivity index (χ4v) is 8.02. The minimum absolute atomic E-state index is 0.0283. The second kappa shape index (κ2) is 32.3. The van der Waals surface area contributed by atoms with E-state index in [0.717, 1.165) is 107 Å². The van der Waals surface area contributed by atoms with Gasteiger partial charge in [-0.25, -0.2) is 4.57 Å². The Morgan fingerprint density at radius 3 is 1.69 bits per heavy atom. The number of phosphoric ester groups is 1. The van der Waals surface area contributed by atoms with Gasteiger partial charge in [-0.15, -0.1) is 0 Å². The summed E-state index contributed by atoms with van der Waals surface area (Å²) >= 11 is 0. The van der Waals surface area contributed by atoms with Crippen molar-refractivity contribution in [3.63, 3.8) is 0 Å². The van der Waals surface area contributed by atoms with E-state index in [-0.39, 0.29) is 26.1 Å². The van der Waals surface area contributed by atoms with E-state index < -0.39 is 32.5 Å². The van der Waals surface area contributed by atoms with E-state index in [1.54, 1.807) is 7.05 Å². The number of ether oxygens (including phenoxy) is 2. The van der Waals surface area contributed by atoms with Crippen molar-refractivity contribution in [3.05, 3.63) is 45.8 Å². The lowest BCUT2D eigenvalue weighted by Crippen LogP contribution is -2.29. The van der Waals surface area contributed by atoms with Crippen LogP contribution in [0.15, 0.2) is 14.9 Å². The van der Waals surface area contributed by atoms with Crippen molar-refractivity contribution >= 4 is 19.8 Å². The van der Waals surface area contributed by atoms with Crippen molar-refractivity contribution in [2.45, 2.75) is 208 Å². The molecule has 0 spiro atoms. The van der Waals surface area contributed by atoms with Crippen LogP contribution in [0, 0.1) is 20.8 Å². The number of carbonyl (C=O) groups is 2. The van der Waals surface area contributed by atoms with Gasteiger partial charge in [0.05, 0.1) is 13.2 Å². The van der Waals surface area contributed by atoms with Gasteiger partial charge in [-0.3, -0.25) is 18.6 Å². The molecular weight excluding hydrogens is 769 g/mol.